The third-order valence-electron chi connectivity index (χ3n) is 7.33. The summed E-state index contributed by atoms with van der Waals surface area (Å²) in [6.45, 7) is 0. The van der Waals surface area contributed by atoms with Gasteiger partial charge in [-0.05, 0) is 79.5 Å². The summed E-state index contributed by atoms with van der Waals surface area (Å²) in [5.74, 6) is 3.14. The van der Waals surface area contributed by atoms with Crippen molar-refractivity contribution in [2.24, 2.45) is 23.2 Å². The van der Waals surface area contributed by atoms with Gasteiger partial charge in [-0.15, -0.1) is 0 Å². The molecule has 0 amide bonds. The molecule has 26 heavy (non-hydrogen) atoms. The van der Waals surface area contributed by atoms with Crippen molar-refractivity contribution in [3.8, 4) is 0 Å². The molecule has 4 aliphatic rings. The molecule has 0 radical (unpaired) electrons. The van der Waals surface area contributed by atoms with Crippen LogP contribution in [-0.4, -0.2) is 10.8 Å². The maximum atomic E-state index is 13.6. The fraction of sp³-hybridized carbons (Fsp3) is 0.500. The zero-order chi connectivity index (χ0) is 17.6. The molecule has 4 bridgehead atoms. The minimum Gasteiger partial charge on any atom is -0.299 e. The molecule has 1 unspecified atom stereocenters. The lowest BCUT2D eigenvalue weighted by molar-refractivity contribution is -0.144. The van der Waals surface area contributed by atoms with E-state index in [1.165, 1.54) is 30.4 Å². The standard InChI is InChI=1S/C24H27NO/c26-23(24-14-17-10-18(15-24)12-19(11-17)16-24)13-22(20-4-2-1-3-5-20)21-6-8-25-9-7-21/h1-9,17-19,22H,10-16H2. The van der Waals surface area contributed by atoms with Crippen LogP contribution in [0.4, 0.5) is 0 Å². The maximum absolute atomic E-state index is 13.6. The molecule has 134 valence electrons. The van der Waals surface area contributed by atoms with Gasteiger partial charge >= 0.3 is 0 Å². The molecular weight excluding hydrogens is 318 g/mol. The monoisotopic (exact) mass is 345 g/mol. The number of Topliss-reactive ketones (excluding diaryl/α,β-unsaturated/α-hetero) is 1. The van der Waals surface area contributed by atoms with Crippen molar-refractivity contribution in [1.29, 1.82) is 0 Å². The van der Waals surface area contributed by atoms with Crippen LogP contribution in [0.1, 0.15) is 62.0 Å². The van der Waals surface area contributed by atoms with E-state index in [1.807, 2.05) is 18.5 Å². The van der Waals surface area contributed by atoms with E-state index in [9.17, 15) is 4.79 Å². The average molecular weight is 345 g/mol. The van der Waals surface area contributed by atoms with Crippen molar-refractivity contribution in [2.75, 3.05) is 0 Å². The van der Waals surface area contributed by atoms with Crippen LogP contribution in [-0.2, 0) is 4.79 Å². The largest absolute Gasteiger partial charge is 0.299 e. The van der Waals surface area contributed by atoms with Gasteiger partial charge in [-0.2, -0.15) is 0 Å². The number of ketones is 1. The maximum Gasteiger partial charge on any atom is 0.140 e. The topological polar surface area (TPSA) is 30.0 Å². The van der Waals surface area contributed by atoms with Gasteiger partial charge in [-0.25, -0.2) is 0 Å². The van der Waals surface area contributed by atoms with Crippen LogP contribution >= 0.6 is 0 Å². The van der Waals surface area contributed by atoms with Crippen LogP contribution < -0.4 is 0 Å². The first-order valence-electron chi connectivity index (χ1n) is 10.2. The zero-order valence-corrected chi connectivity index (χ0v) is 15.3. The van der Waals surface area contributed by atoms with E-state index in [0.29, 0.717) is 12.2 Å². The van der Waals surface area contributed by atoms with Crippen LogP contribution in [0.2, 0.25) is 0 Å². The summed E-state index contributed by atoms with van der Waals surface area (Å²) in [7, 11) is 0. The smallest absolute Gasteiger partial charge is 0.140 e. The molecule has 4 aliphatic carbocycles. The summed E-state index contributed by atoms with van der Waals surface area (Å²) in [5, 5.41) is 0. The van der Waals surface area contributed by atoms with Crippen LogP contribution in [0.3, 0.4) is 0 Å². The predicted octanol–water partition coefficient (Wildman–Crippen LogP) is 5.39. The Labute approximate surface area is 156 Å². The van der Waals surface area contributed by atoms with Crippen molar-refractivity contribution >= 4 is 5.78 Å². The van der Waals surface area contributed by atoms with E-state index < -0.39 is 0 Å². The second kappa shape index (κ2) is 6.33. The van der Waals surface area contributed by atoms with Crippen molar-refractivity contribution in [2.45, 2.75) is 50.9 Å². The lowest BCUT2D eigenvalue weighted by atomic mass is 9.48. The number of nitrogens with zero attached hydrogens (tertiary/aromatic N) is 1. The second-order valence-corrected chi connectivity index (χ2v) is 9.07. The summed E-state index contributed by atoms with van der Waals surface area (Å²) in [6.07, 6.45) is 12.0. The third kappa shape index (κ3) is 2.80. The molecule has 0 aliphatic heterocycles. The number of hydrogen-bond acceptors (Lipinski definition) is 2. The van der Waals surface area contributed by atoms with Crippen LogP contribution in [0, 0.1) is 23.2 Å². The van der Waals surface area contributed by atoms with Gasteiger partial charge in [0.2, 0.25) is 0 Å². The molecule has 0 spiro atoms. The molecule has 0 N–H and O–H groups in total. The molecule has 1 atom stereocenters. The molecule has 2 nitrogen and oxygen atoms in total. The van der Waals surface area contributed by atoms with Crippen LogP contribution in [0.5, 0.6) is 0 Å². The molecule has 0 saturated heterocycles. The Bertz CT molecular complexity index is 708. The van der Waals surface area contributed by atoms with Gasteiger partial charge in [0, 0.05) is 30.1 Å². The minimum atomic E-state index is -0.00515. The highest BCUT2D eigenvalue weighted by Crippen LogP contribution is 2.61. The minimum absolute atomic E-state index is 0.00515. The van der Waals surface area contributed by atoms with Gasteiger partial charge in [0.05, 0.1) is 0 Å². The average Bonchev–Trinajstić information content (AvgIpc) is 2.66. The number of benzene rings is 1. The van der Waals surface area contributed by atoms with E-state index in [2.05, 4.69) is 41.4 Å². The molecule has 1 aromatic carbocycles. The van der Waals surface area contributed by atoms with Gasteiger partial charge < -0.3 is 0 Å². The van der Waals surface area contributed by atoms with E-state index in [-0.39, 0.29) is 11.3 Å². The highest BCUT2D eigenvalue weighted by molar-refractivity contribution is 5.86. The number of aromatic nitrogens is 1. The number of carbonyl (C=O) groups is 1. The van der Waals surface area contributed by atoms with E-state index in [0.717, 1.165) is 37.0 Å². The van der Waals surface area contributed by atoms with Crippen molar-refractivity contribution in [3.63, 3.8) is 0 Å². The molecular formula is C24H27NO. The summed E-state index contributed by atoms with van der Waals surface area (Å²) < 4.78 is 0. The van der Waals surface area contributed by atoms with Gasteiger partial charge in [0.1, 0.15) is 5.78 Å². The van der Waals surface area contributed by atoms with Crippen molar-refractivity contribution in [3.05, 3.63) is 66.0 Å². The van der Waals surface area contributed by atoms with Crippen LogP contribution in [0.15, 0.2) is 54.9 Å². The van der Waals surface area contributed by atoms with E-state index in [1.54, 1.807) is 0 Å². The SMILES string of the molecule is O=C(CC(c1ccccc1)c1ccncc1)C12CC3CC(CC(C3)C1)C2. The number of pyridine rings is 1. The van der Waals surface area contributed by atoms with Crippen molar-refractivity contribution in [1.82, 2.24) is 4.98 Å². The molecule has 2 heteroatoms. The Balaban J connectivity index is 1.44. The zero-order valence-electron chi connectivity index (χ0n) is 15.3. The Hall–Kier alpha value is -1.96. The van der Waals surface area contributed by atoms with Crippen molar-refractivity contribution < 1.29 is 4.79 Å². The van der Waals surface area contributed by atoms with E-state index in [4.69, 9.17) is 0 Å². The lowest BCUT2D eigenvalue weighted by Crippen LogP contribution is -2.50. The quantitative estimate of drug-likeness (QED) is 0.727. The highest BCUT2D eigenvalue weighted by atomic mass is 16.1. The Morgan fingerprint density at radius 2 is 1.42 bits per heavy atom. The summed E-state index contributed by atoms with van der Waals surface area (Å²) in [6, 6.07) is 14.7. The van der Waals surface area contributed by atoms with E-state index >= 15 is 0 Å². The fourth-order valence-corrected chi connectivity index (χ4v) is 6.56. The molecule has 1 heterocycles. The van der Waals surface area contributed by atoms with Gasteiger partial charge in [-0.3, -0.25) is 9.78 Å². The number of carbonyl (C=O) groups excluding carboxylic acids is 1. The Morgan fingerprint density at radius 1 is 0.885 bits per heavy atom. The number of hydrogen-bond donors (Lipinski definition) is 0. The van der Waals surface area contributed by atoms with Gasteiger partial charge in [0.15, 0.2) is 0 Å². The molecule has 2 aromatic rings. The number of rotatable bonds is 5. The molecule has 1 aromatic heterocycles. The molecule has 4 fully saturated rings. The molecule has 4 saturated carbocycles. The normalized spacial score (nSPS) is 33.2. The summed E-state index contributed by atoms with van der Waals surface area (Å²) >= 11 is 0. The fourth-order valence-electron chi connectivity index (χ4n) is 6.56. The lowest BCUT2D eigenvalue weighted by Gasteiger charge is -2.56. The van der Waals surface area contributed by atoms with Gasteiger partial charge in [0.25, 0.3) is 0 Å². The summed E-state index contributed by atoms with van der Waals surface area (Å²) in [5.41, 5.74) is 2.45. The second-order valence-electron chi connectivity index (χ2n) is 9.07. The first-order chi connectivity index (χ1) is 12.7. The Morgan fingerprint density at radius 3 is 2.00 bits per heavy atom. The Kier molecular flexibility index (Phi) is 3.95. The first kappa shape index (κ1) is 16.2. The molecule has 6 rings (SSSR count). The highest BCUT2D eigenvalue weighted by Gasteiger charge is 2.54. The summed E-state index contributed by atoms with van der Waals surface area (Å²) in [4.78, 5) is 17.8. The van der Waals surface area contributed by atoms with Crippen LogP contribution in [0.25, 0.3) is 0 Å². The predicted molar refractivity (Wildman–Crippen MR) is 103 cm³/mol. The van der Waals surface area contributed by atoms with Gasteiger partial charge in [-0.1, -0.05) is 30.3 Å². The third-order valence-corrected chi connectivity index (χ3v) is 7.33. The first-order valence-corrected chi connectivity index (χ1v) is 10.2.